The first-order valence-electron chi connectivity index (χ1n) is 5.02. The predicted octanol–water partition coefficient (Wildman–Crippen LogP) is 2.14. The van der Waals surface area contributed by atoms with Crippen molar-refractivity contribution in [1.29, 1.82) is 0 Å². The number of hydrogen-bond donors (Lipinski definition) is 1. The lowest BCUT2D eigenvalue weighted by Gasteiger charge is -2.12. The molecule has 0 saturated heterocycles. The van der Waals surface area contributed by atoms with Crippen LogP contribution in [0.3, 0.4) is 0 Å². The maximum Gasteiger partial charge on any atom is 0.0476 e. The minimum atomic E-state index is 0.592. The molecule has 80 valence electrons. The van der Waals surface area contributed by atoms with Crippen LogP contribution >= 0.6 is 11.8 Å². The molecule has 0 rings (SSSR count). The van der Waals surface area contributed by atoms with E-state index in [0.717, 1.165) is 19.6 Å². The Labute approximate surface area is 86.8 Å². The number of thioether (sulfide) groups is 1. The summed E-state index contributed by atoms with van der Waals surface area (Å²) in [4.78, 5) is 0. The molecular formula is C10H23NOS. The Morgan fingerprint density at radius 2 is 2.15 bits per heavy atom. The second-order valence-electron chi connectivity index (χ2n) is 3.34. The minimum Gasteiger partial charge on any atom is -0.385 e. The maximum atomic E-state index is 5.01. The molecule has 13 heavy (non-hydrogen) atoms. The molecule has 0 aliphatic rings. The first-order chi connectivity index (χ1) is 6.31. The molecule has 1 unspecified atom stereocenters. The zero-order valence-corrected chi connectivity index (χ0v) is 9.95. The molecule has 0 aliphatic heterocycles. The van der Waals surface area contributed by atoms with Crippen LogP contribution in [0.1, 0.15) is 26.2 Å². The quantitative estimate of drug-likeness (QED) is 0.583. The Morgan fingerprint density at radius 1 is 1.38 bits per heavy atom. The third-order valence-corrected chi connectivity index (χ3v) is 2.72. The van der Waals surface area contributed by atoms with Gasteiger partial charge in [0.1, 0.15) is 0 Å². The van der Waals surface area contributed by atoms with Crippen LogP contribution in [0.2, 0.25) is 0 Å². The molecule has 0 radical (unpaired) electrons. The highest BCUT2D eigenvalue weighted by molar-refractivity contribution is 7.98. The van der Waals surface area contributed by atoms with Gasteiger partial charge in [0.15, 0.2) is 0 Å². The highest BCUT2D eigenvalue weighted by Gasteiger charge is 1.98. The standard InChI is InChI=1S/C10H23NOS/c1-10(6-8-12-2)11-7-4-5-9-13-3/h10-11H,4-9H2,1-3H3. The average Bonchev–Trinajstić information content (AvgIpc) is 2.14. The van der Waals surface area contributed by atoms with Crippen molar-refractivity contribution in [2.45, 2.75) is 32.2 Å². The third-order valence-electron chi connectivity index (χ3n) is 2.02. The summed E-state index contributed by atoms with van der Waals surface area (Å²) in [5.74, 6) is 1.29. The zero-order valence-electron chi connectivity index (χ0n) is 9.14. The summed E-state index contributed by atoms with van der Waals surface area (Å²) in [5, 5.41) is 3.49. The van der Waals surface area contributed by atoms with E-state index in [1.165, 1.54) is 18.6 Å². The predicted molar refractivity (Wildman–Crippen MR) is 61.6 cm³/mol. The van der Waals surface area contributed by atoms with E-state index in [0.29, 0.717) is 6.04 Å². The highest BCUT2D eigenvalue weighted by atomic mass is 32.2. The summed E-state index contributed by atoms with van der Waals surface area (Å²) in [6.45, 7) is 4.22. The Bertz CT molecular complexity index is 101. The second kappa shape index (κ2) is 10.4. The van der Waals surface area contributed by atoms with Crippen molar-refractivity contribution < 1.29 is 4.74 Å². The fourth-order valence-electron chi connectivity index (χ4n) is 1.12. The van der Waals surface area contributed by atoms with Crippen LogP contribution < -0.4 is 5.32 Å². The van der Waals surface area contributed by atoms with Gasteiger partial charge in [-0.1, -0.05) is 0 Å². The van der Waals surface area contributed by atoms with Crippen LogP contribution in [-0.4, -0.2) is 38.3 Å². The molecule has 1 atom stereocenters. The third kappa shape index (κ3) is 10.2. The molecule has 0 aromatic carbocycles. The van der Waals surface area contributed by atoms with E-state index in [-0.39, 0.29) is 0 Å². The van der Waals surface area contributed by atoms with Crippen LogP contribution in [0.25, 0.3) is 0 Å². The normalized spacial score (nSPS) is 13.2. The Balaban J connectivity index is 3.03. The molecule has 1 N–H and O–H groups in total. The van der Waals surface area contributed by atoms with E-state index >= 15 is 0 Å². The number of rotatable bonds is 9. The van der Waals surface area contributed by atoms with Crippen molar-refractivity contribution in [2.24, 2.45) is 0 Å². The minimum absolute atomic E-state index is 0.592. The van der Waals surface area contributed by atoms with Gasteiger partial charge >= 0.3 is 0 Å². The molecule has 0 amide bonds. The number of nitrogens with one attached hydrogen (secondary N) is 1. The highest BCUT2D eigenvalue weighted by Crippen LogP contribution is 1.98. The van der Waals surface area contributed by atoms with E-state index < -0.39 is 0 Å². The fraction of sp³-hybridized carbons (Fsp3) is 1.00. The number of unbranched alkanes of at least 4 members (excludes halogenated alkanes) is 1. The van der Waals surface area contributed by atoms with Crippen molar-refractivity contribution in [2.75, 3.05) is 32.3 Å². The molecule has 0 aromatic heterocycles. The molecule has 0 saturated carbocycles. The molecule has 3 heteroatoms. The van der Waals surface area contributed by atoms with E-state index in [9.17, 15) is 0 Å². The SMILES string of the molecule is COCCC(C)NCCCCSC. The van der Waals surface area contributed by atoms with E-state index in [1.807, 2.05) is 11.8 Å². The number of hydrogen-bond acceptors (Lipinski definition) is 3. The summed E-state index contributed by atoms with van der Waals surface area (Å²) in [6, 6.07) is 0.592. The van der Waals surface area contributed by atoms with Gasteiger partial charge in [-0.25, -0.2) is 0 Å². The topological polar surface area (TPSA) is 21.3 Å². The van der Waals surface area contributed by atoms with Gasteiger partial charge in [-0.15, -0.1) is 0 Å². The lowest BCUT2D eigenvalue weighted by Crippen LogP contribution is -2.28. The molecule has 0 fully saturated rings. The van der Waals surface area contributed by atoms with Gasteiger partial charge in [0.2, 0.25) is 0 Å². The van der Waals surface area contributed by atoms with Crippen LogP contribution in [0.5, 0.6) is 0 Å². The number of ether oxygens (including phenoxy) is 1. The van der Waals surface area contributed by atoms with Crippen molar-refractivity contribution >= 4 is 11.8 Å². The molecule has 0 heterocycles. The lowest BCUT2D eigenvalue weighted by molar-refractivity contribution is 0.185. The summed E-state index contributed by atoms with van der Waals surface area (Å²) in [5.41, 5.74) is 0. The van der Waals surface area contributed by atoms with E-state index in [4.69, 9.17) is 4.74 Å². The van der Waals surface area contributed by atoms with Crippen LogP contribution in [0.15, 0.2) is 0 Å². The lowest BCUT2D eigenvalue weighted by atomic mass is 10.2. The Kier molecular flexibility index (Phi) is 10.6. The van der Waals surface area contributed by atoms with Gasteiger partial charge in [-0.3, -0.25) is 0 Å². The van der Waals surface area contributed by atoms with Crippen molar-refractivity contribution in [1.82, 2.24) is 5.32 Å². The van der Waals surface area contributed by atoms with Crippen molar-refractivity contribution in [3.8, 4) is 0 Å². The summed E-state index contributed by atoms with van der Waals surface area (Å²) < 4.78 is 5.01. The summed E-state index contributed by atoms with van der Waals surface area (Å²) in [6.07, 6.45) is 5.89. The van der Waals surface area contributed by atoms with Crippen molar-refractivity contribution in [3.63, 3.8) is 0 Å². The smallest absolute Gasteiger partial charge is 0.0476 e. The first-order valence-corrected chi connectivity index (χ1v) is 6.42. The van der Waals surface area contributed by atoms with E-state index in [1.54, 1.807) is 7.11 Å². The van der Waals surface area contributed by atoms with Gasteiger partial charge in [-0.05, 0) is 44.7 Å². The second-order valence-corrected chi connectivity index (χ2v) is 4.32. The van der Waals surface area contributed by atoms with Crippen LogP contribution in [0, 0.1) is 0 Å². The van der Waals surface area contributed by atoms with Gasteiger partial charge in [0.05, 0.1) is 0 Å². The average molecular weight is 205 g/mol. The number of methoxy groups -OCH3 is 1. The van der Waals surface area contributed by atoms with Gasteiger partial charge in [0.25, 0.3) is 0 Å². The Morgan fingerprint density at radius 3 is 2.77 bits per heavy atom. The molecule has 0 aromatic rings. The van der Waals surface area contributed by atoms with Crippen LogP contribution in [0.4, 0.5) is 0 Å². The van der Waals surface area contributed by atoms with Gasteiger partial charge < -0.3 is 10.1 Å². The summed E-state index contributed by atoms with van der Waals surface area (Å²) in [7, 11) is 1.76. The maximum absolute atomic E-state index is 5.01. The molecule has 0 aliphatic carbocycles. The first kappa shape index (κ1) is 13.3. The summed E-state index contributed by atoms with van der Waals surface area (Å²) >= 11 is 1.93. The molecule has 2 nitrogen and oxygen atoms in total. The zero-order chi connectivity index (χ0) is 9.94. The van der Waals surface area contributed by atoms with Gasteiger partial charge in [0, 0.05) is 19.8 Å². The fourth-order valence-corrected chi connectivity index (χ4v) is 1.61. The molecule has 0 spiro atoms. The van der Waals surface area contributed by atoms with E-state index in [2.05, 4.69) is 18.5 Å². The van der Waals surface area contributed by atoms with Crippen molar-refractivity contribution in [3.05, 3.63) is 0 Å². The monoisotopic (exact) mass is 205 g/mol. The molecular weight excluding hydrogens is 182 g/mol. The molecule has 0 bridgehead atoms. The largest absolute Gasteiger partial charge is 0.385 e. The Hall–Kier alpha value is 0.270. The van der Waals surface area contributed by atoms with Gasteiger partial charge in [-0.2, -0.15) is 11.8 Å². The van der Waals surface area contributed by atoms with Crippen LogP contribution in [-0.2, 0) is 4.74 Å².